The fraction of sp³-hybridized carbons (Fsp3) is 0.346. The number of piperidine rings is 1. The fourth-order valence-electron chi connectivity index (χ4n) is 4.44. The summed E-state index contributed by atoms with van der Waals surface area (Å²) in [6.45, 7) is 5.01. The van der Waals surface area contributed by atoms with E-state index in [-0.39, 0.29) is 6.03 Å². The van der Waals surface area contributed by atoms with Gasteiger partial charge in [-0.15, -0.1) is 5.10 Å². The number of anilines is 1. The van der Waals surface area contributed by atoms with Gasteiger partial charge in [0.05, 0.1) is 5.69 Å². The van der Waals surface area contributed by atoms with E-state index in [2.05, 4.69) is 49.6 Å². The van der Waals surface area contributed by atoms with E-state index >= 15 is 0 Å². The topological polar surface area (TPSA) is 96.4 Å². The van der Waals surface area contributed by atoms with E-state index < -0.39 is 0 Å². The van der Waals surface area contributed by atoms with Crippen LogP contribution in [-0.4, -0.2) is 62.7 Å². The highest BCUT2D eigenvalue weighted by molar-refractivity contribution is 5.88. The molecule has 4 heterocycles. The number of carbonyl (C=O) groups excluding carboxylic acids is 1. The summed E-state index contributed by atoms with van der Waals surface area (Å²) in [6.07, 6.45) is 6.30. The van der Waals surface area contributed by atoms with Crippen LogP contribution in [0.25, 0.3) is 6.08 Å². The number of carbonyl (C=O) groups is 1. The van der Waals surface area contributed by atoms with Gasteiger partial charge in [-0.2, -0.15) is 10.1 Å². The number of urea groups is 1. The van der Waals surface area contributed by atoms with Crippen molar-refractivity contribution in [1.29, 1.82) is 0 Å². The van der Waals surface area contributed by atoms with Gasteiger partial charge in [0, 0.05) is 37.9 Å². The standard InChI is InChI=1S/C26H29N7O2/c1-18-28-23-17-32(2)12-10-22(23)25(29-18)35-21-6-3-5-20(16-21)15-19-8-13-33(14-9-19)26(34)30-24-7-4-11-27-31-24/h3-7,11,15-16H,8-10,12-14,17H2,1-2H3,(H,30,31,34). The van der Waals surface area contributed by atoms with Gasteiger partial charge in [-0.05, 0) is 63.1 Å². The van der Waals surface area contributed by atoms with E-state index in [9.17, 15) is 4.79 Å². The lowest BCUT2D eigenvalue weighted by atomic mass is 10.0. The highest BCUT2D eigenvalue weighted by atomic mass is 16.5. The van der Waals surface area contributed by atoms with Crippen molar-refractivity contribution in [2.45, 2.75) is 32.7 Å². The van der Waals surface area contributed by atoms with E-state index in [0.717, 1.165) is 60.7 Å². The van der Waals surface area contributed by atoms with Crippen molar-refractivity contribution in [3.8, 4) is 11.6 Å². The number of fused-ring (bicyclic) bond motifs is 1. The van der Waals surface area contributed by atoms with Crippen LogP contribution in [0.5, 0.6) is 11.6 Å². The van der Waals surface area contributed by atoms with Crippen LogP contribution in [0.15, 0.2) is 48.2 Å². The maximum absolute atomic E-state index is 12.5. The molecule has 1 N–H and O–H groups in total. The Morgan fingerprint density at radius 3 is 2.74 bits per heavy atom. The zero-order valence-corrected chi connectivity index (χ0v) is 20.1. The number of likely N-dealkylation sites (tertiary alicyclic amines) is 1. The molecule has 2 aliphatic heterocycles. The number of hydrogen-bond donors (Lipinski definition) is 1. The van der Waals surface area contributed by atoms with Crippen molar-refractivity contribution in [2.75, 3.05) is 32.0 Å². The van der Waals surface area contributed by atoms with Crippen LogP contribution in [0.1, 0.15) is 35.5 Å². The molecule has 2 aliphatic rings. The van der Waals surface area contributed by atoms with Crippen LogP contribution in [0.4, 0.5) is 10.6 Å². The average molecular weight is 472 g/mol. The first-order chi connectivity index (χ1) is 17.0. The molecule has 0 radical (unpaired) electrons. The molecule has 35 heavy (non-hydrogen) atoms. The molecule has 5 rings (SSSR count). The maximum atomic E-state index is 12.5. The number of nitrogens with zero attached hydrogens (tertiary/aromatic N) is 6. The zero-order chi connectivity index (χ0) is 24.2. The molecule has 1 aromatic carbocycles. The Labute approximate surface area is 204 Å². The second-order valence-corrected chi connectivity index (χ2v) is 8.99. The van der Waals surface area contributed by atoms with E-state index in [0.29, 0.717) is 24.8 Å². The highest BCUT2D eigenvalue weighted by Gasteiger charge is 2.22. The summed E-state index contributed by atoms with van der Waals surface area (Å²) in [6, 6.07) is 11.4. The Bertz CT molecular complexity index is 1240. The molecule has 1 saturated heterocycles. The minimum atomic E-state index is -0.144. The number of rotatable bonds is 4. The lowest BCUT2D eigenvalue weighted by Gasteiger charge is -2.28. The SMILES string of the molecule is Cc1nc2c(c(Oc3cccc(C=C4CCN(C(=O)Nc5cccnn5)CC4)c3)n1)CCN(C)C2. The molecular formula is C26H29N7O2. The Hall–Kier alpha value is -3.85. The molecule has 0 unspecified atom stereocenters. The third kappa shape index (κ3) is 5.63. The number of benzene rings is 1. The Kier molecular flexibility index (Phi) is 6.67. The Morgan fingerprint density at radius 2 is 1.94 bits per heavy atom. The molecule has 9 heteroatoms. The smallest absolute Gasteiger partial charge is 0.323 e. The van der Waals surface area contributed by atoms with E-state index in [1.54, 1.807) is 18.3 Å². The van der Waals surface area contributed by atoms with Crippen LogP contribution in [0.2, 0.25) is 0 Å². The summed E-state index contributed by atoms with van der Waals surface area (Å²) in [7, 11) is 2.10. The molecule has 2 aromatic heterocycles. The van der Waals surface area contributed by atoms with Gasteiger partial charge in [0.2, 0.25) is 5.88 Å². The summed E-state index contributed by atoms with van der Waals surface area (Å²) < 4.78 is 6.26. The largest absolute Gasteiger partial charge is 0.439 e. The number of aryl methyl sites for hydroxylation is 1. The number of hydrogen-bond acceptors (Lipinski definition) is 7. The predicted octanol–water partition coefficient (Wildman–Crippen LogP) is 4.07. The van der Waals surface area contributed by atoms with Crippen molar-refractivity contribution in [3.05, 3.63) is 70.8 Å². The molecule has 9 nitrogen and oxygen atoms in total. The molecule has 3 aromatic rings. The quantitative estimate of drug-likeness (QED) is 0.613. The van der Waals surface area contributed by atoms with Crippen LogP contribution in [0.3, 0.4) is 0 Å². The van der Waals surface area contributed by atoms with E-state index in [1.807, 2.05) is 30.0 Å². The van der Waals surface area contributed by atoms with Gasteiger partial charge in [0.15, 0.2) is 5.82 Å². The van der Waals surface area contributed by atoms with Gasteiger partial charge >= 0.3 is 6.03 Å². The summed E-state index contributed by atoms with van der Waals surface area (Å²) in [5.74, 6) is 2.61. The Morgan fingerprint density at radius 1 is 1.09 bits per heavy atom. The molecule has 180 valence electrons. The molecule has 0 spiro atoms. The monoisotopic (exact) mass is 471 g/mol. The summed E-state index contributed by atoms with van der Waals surface area (Å²) in [5, 5.41) is 10.5. The van der Waals surface area contributed by atoms with Gasteiger partial charge < -0.3 is 14.5 Å². The second-order valence-electron chi connectivity index (χ2n) is 8.99. The first-order valence-corrected chi connectivity index (χ1v) is 11.9. The lowest BCUT2D eigenvalue weighted by Crippen LogP contribution is -2.39. The normalized spacial score (nSPS) is 15.9. The molecule has 0 saturated carbocycles. The number of aromatic nitrogens is 4. The molecule has 1 fully saturated rings. The van der Waals surface area contributed by atoms with E-state index in [1.165, 1.54) is 5.57 Å². The highest BCUT2D eigenvalue weighted by Crippen LogP contribution is 2.30. The summed E-state index contributed by atoms with van der Waals surface area (Å²) in [5.41, 5.74) is 4.54. The third-order valence-corrected chi connectivity index (χ3v) is 6.27. The van der Waals surface area contributed by atoms with Gasteiger partial charge in [0.1, 0.15) is 11.6 Å². The van der Waals surface area contributed by atoms with Gasteiger partial charge in [0.25, 0.3) is 0 Å². The Balaban J connectivity index is 1.23. The molecular weight excluding hydrogens is 442 g/mol. The van der Waals surface area contributed by atoms with Gasteiger partial charge in [-0.1, -0.05) is 23.8 Å². The minimum Gasteiger partial charge on any atom is -0.439 e. The number of amides is 2. The van der Waals surface area contributed by atoms with Crippen molar-refractivity contribution < 1.29 is 9.53 Å². The average Bonchev–Trinajstić information content (AvgIpc) is 2.85. The maximum Gasteiger partial charge on any atom is 0.323 e. The number of nitrogens with one attached hydrogen (secondary N) is 1. The van der Waals surface area contributed by atoms with Gasteiger partial charge in [-0.3, -0.25) is 5.32 Å². The zero-order valence-electron chi connectivity index (χ0n) is 20.1. The summed E-state index contributed by atoms with van der Waals surface area (Å²) in [4.78, 5) is 25.8. The number of likely N-dealkylation sites (N-methyl/N-ethyl adjacent to an activating group) is 1. The molecule has 2 amide bonds. The summed E-state index contributed by atoms with van der Waals surface area (Å²) >= 11 is 0. The predicted molar refractivity (Wildman–Crippen MR) is 133 cm³/mol. The van der Waals surface area contributed by atoms with Gasteiger partial charge in [-0.25, -0.2) is 9.78 Å². The lowest BCUT2D eigenvalue weighted by molar-refractivity contribution is 0.207. The van der Waals surface area contributed by atoms with Crippen molar-refractivity contribution in [1.82, 2.24) is 30.0 Å². The third-order valence-electron chi connectivity index (χ3n) is 6.27. The molecule has 0 bridgehead atoms. The molecule has 0 aliphatic carbocycles. The first-order valence-electron chi connectivity index (χ1n) is 11.9. The number of ether oxygens (including phenoxy) is 1. The van der Waals surface area contributed by atoms with Crippen LogP contribution in [0, 0.1) is 6.92 Å². The first kappa shape index (κ1) is 22.9. The minimum absolute atomic E-state index is 0.144. The van der Waals surface area contributed by atoms with Crippen molar-refractivity contribution in [3.63, 3.8) is 0 Å². The van der Waals surface area contributed by atoms with E-state index in [4.69, 9.17) is 4.74 Å². The molecule has 0 atom stereocenters. The van der Waals surface area contributed by atoms with Crippen molar-refractivity contribution >= 4 is 17.9 Å². The van der Waals surface area contributed by atoms with Crippen molar-refractivity contribution in [2.24, 2.45) is 0 Å². The van der Waals surface area contributed by atoms with Crippen LogP contribution < -0.4 is 10.1 Å². The second kappa shape index (κ2) is 10.2. The van der Waals surface area contributed by atoms with Crippen LogP contribution in [-0.2, 0) is 13.0 Å². The van der Waals surface area contributed by atoms with Crippen LogP contribution >= 0.6 is 0 Å². The fourth-order valence-corrected chi connectivity index (χ4v) is 4.44.